The van der Waals surface area contributed by atoms with E-state index >= 15 is 0 Å². The third-order valence-corrected chi connectivity index (χ3v) is 5.87. The summed E-state index contributed by atoms with van der Waals surface area (Å²) in [6, 6.07) is -0.555. The fraction of sp³-hybridized carbons (Fsp3) is 1.00. The molecule has 0 saturated carbocycles. The number of methoxy groups -OCH3 is 4. The van der Waals surface area contributed by atoms with Gasteiger partial charge < -0.3 is 33.3 Å². The summed E-state index contributed by atoms with van der Waals surface area (Å²) in [5.41, 5.74) is 0. The van der Waals surface area contributed by atoms with E-state index in [1.807, 2.05) is 7.85 Å². The van der Waals surface area contributed by atoms with Gasteiger partial charge in [-0.05, 0) is 0 Å². The lowest BCUT2D eigenvalue weighted by Crippen LogP contribution is -2.39. The molecule has 0 aromatic rings. The van der Waals surface area contributed by atoms with E-state index in [0.29, 0.717) is 0 Å². The lowest BCUT2D eigenvalue weighted by Gasteiger charge is -2.26. The van der Waals surface area contributed by atoms with Gasteiger partial charge in [0.1, 0.15) is 52.3 Å². The zero-order chi connectivity index (χ0) is 20.2. The SMILES string of the molecule is BC1OC(COP(=O)(O)OC2C(COC)OC(B)C2OC)C(OC)C1OC. The quantitative estimate of drug-likeness (QED) is 0.318. The molecule has 2 saturated heterocycles. The minimum atomic E-state index is -4.41. The minimum absolute atomic E-state index is 0.188. The number of hydrogen-bond donors (Lipinski definition) is 1. The van der Waals surface area contributed by atoms with Gasteiger partial charge in [0.25, 0.3) is 0 Å². The largest absolute Gasteiger partial charge is 0.472 e. The van der Waals surface area contributed by atoms with Crippen LogP contribution in [-0.4, -0.2) is 111 Å². The molecule has 9 unspecified atom stereocenters. The van der Waals surface area contributed by atoms with Gasteiger partial charge in [-0.25, -0.2) is 4.57 Å². The van der Waals surface area contributed by atoms with Crippen molar-refractivity contribution in [2.24, 2.45) is 0 Å². The summed E-state index contributed by atoms with van der Waals surface area (Å²) in [5.74, 6) is 0. The summed E-state index contributed by atoms with van der Waals surface area (Å²) >= 11 is 0. The first-order valence-electron chi connectivity index (χ1n) is 8.81. The van der Waals surface area contributed by atoms with Gasteiger partial charge in [0.2, 0.25) is 0 Å². The molecule has 0 aliphatic carbocycles. The number of hydrogen-bond acceptors (Lipinski definition) is 9. The smallest absolute Gasteiger partial charge is 0.382 e. The Balaban J connectivity index is 1.98. The lowest BCUT2D eigenvalue weighted by molar-refractivity contribution is -0.0509. The predicted octanol–water partition coefficient (Wildman–Crippen LogP) is -2.10. The number of ether oxygens (including phenoxy) is 6. The van der Waals surface area contributed by atoms with Gasteiger partial charge in [-0.3, -0.25) is 9.05 Å². The van der Waals surface area contributed by atoms with Crippen LogP contribution in [0, 0.1) is 0 Å². The zero-order valence-corrected chi connectivity index (χ0v) is 17.5. The summed E-state index contributed by atoms with van der Waals surface area (Å²) < 4.78 is 55.7. The van der Waals surface area contributed by atoms with Crippen molar-refractivity contribution in [2.75, 3.05) is 41.7 Å². The molecule has 156 valence electrons. The molecule has 13 heteroatoms. The topological polar surface area (TPSA) is 111 Å². The fourth-order valence-electron chi connectivity index (χ4n) is 3.67. The van der Waals surface area contributed by atoms with Crippen LogP contribution in [0.4, 0.5) is 0 Å². The Bertz CT molecular complexity index is 514. The van der Waals surface area contributed by atoms with Crippen molar-refractivity contribution in [1.82, 2.24) is 0 Å². The van der Waals surface area contributed by atoms with Crippen LogP contribution in [0.1, 0.15) is 0 Å². The first-order valence-corrected chi connectivity index (χ1v) is 10.3. The minimum Gasteiger partial charge on any atom is -0.382 e. The van der Waals surface area contributed by atoms with Crippen LogP contribution in [0.2, 0.25) is 0 Å². The summed E-state index contributed by atoms with van der Waals surface area (Å²) in [6.07, 6.45) is -3.17. The highest BCUT2D eigenvalue weighted by molar-refractivity contribution is 7.47. The van der Waals surface area contributed by atoms with E-state index < -0.39 is 38.3 Å². The van der Waals surface area contributed by atoms with Gasteiger partial charge in [-0.1, -0.05) is 0 Å². The molecule has 0 bridgehead atoms. The van der Waals surface area contributed by atoms with Crippen molar-refractivity contribution in [1.29, 1.82) is 0 Å². The second kappa shape index (κ2) is 10.2. The maximum Gasteiger partial charge on any atom is 0.472 e. The van der Waals surface area contributed by atoms with Crippen molar-refractivity contribution < 1.29 is 46.9 Å². The van der Waals surface area contributed by atoms with Crippen LogP contribution in [0.5, 0.6) is 0 Å². The average Bonchev–Trinajstić information content (AvgIpc) is 3.08. The van der Waals surface area contributed by atoms with E-state index in [1.165, 1.54) is 21.3 Å². The Morgan fingerprint density at radius 1 is 0.852 bits per heavy atom. The van der Waals surface area contributed by atoms with Crippen molar-refractivity contribution in [3.63, 3.8) is 0 Å². The van der Waals surface area contributed by atoms with Crippen molar-refractivity contribution in [3.05, 3.63) is 0 Å². The summed E-state index contributed by atoms with van der Waals surface area (Å²) in [7, 11) is 5.30. The molecule has 0 aromatic carbocycles. The van der Waals surface area contributed by atoms with E-state index in [9.17, 15) is 9.46 Å². The highest BCUT2D eigenvalue weighted by Crippen LogP contribution is 2.48. The van der Waals surface area contributed by atoms with Crippen molar-refractivity contribution in [2.45, 2.75) is 48.6 Å². The van der Waals surface area contributed by atoms with Crippen LogP contribution in [0.3, 0.4) is 0 Å². The molecule has 0 amide bonds. The van der Waals surface area contributed by atoms with Crippen LogP contribution in [0.25, 0.3) is 0 Å². The molecule has 0 aromatic heterocycles. The van der Waals surface area contributed by atoms with Gasteiger partial charge in [0.15, 0.2) is 0 Å². The highest BCUT2D eigenvalue weighted by atomic mass is 31.2. The Morgan fingerprint density at radius 3 is 1.81 bits per heavy atom. The molecule has 27 heavy (non-hydrogen) atoms. The van der Waals surface area contributed by atoms with Gasteiger partial charge in [-0.2, -0.15) is 0 Å². The standard InChI is InChI=1S/C14H29B2O10P/c1-19-5-7-10(12(22-4)14(16)24-7)26-27(17,18)23-6-8-9(20-2)11(21-3)13(15)25-8/h7-14H,5-6,15-16H2,1-4H3,(H,17,18). The lowest BCUT2D eigenvalue weighted by atomic mass is 9.93. The van der Waals surface area contributed by atoms with Gasteiger partial charge >= 0.3 is 7.82 Å². The first-order chi connectivity index (χ1) is 12.8. The summed E-state index contributed by atoms with van der Waals surface area (Å²) in [5, 5.41) is 0. The van der Waals surface area contributed by atoms with E-state index in [1.54, 1.807) is 15.0 Å². The summed E-state index contributed by atoms with van der Waals surface area (Å²) in [6.45, 7) is 0.00555. The molecule has 0 radical (unpaired) electrons. The van der Waals surface area contributed by atoms with E-state index in [4.69, 9.17) is 37.5 Å². The maximum absolute atomic E-state index is 12.5. The predicted molar refractivity (Wildman–Crippen MR) is 99.3 cm³/mol. The van der Waals surface area contributed by atoms with Crippen LogP contribution in [-0.2, 0) is 42.0 Å². The monoisotopic (exact) mass is 410 g/mol. The molecule has 2 fully saturated rings. The zero-order valence-electron chi connectivity index (χ0n) is 16.6. The highest BCUT2D eigenvalue weighted by Gasteiger charge is 2.48. The third-order valence-electron chi connectivity index (χ3n) is 4.89. The molecular weight excluding hydrogens is 381 g/mol. The van der Waals surface area contributed by atoms with E-state index in [-0.39, 0.29) is 31.3 Å². The van der Waals surface area contributed by atoms with Crippen LogP contribution >= 0.6 is 7.82 Å². The molecule has 1 N–H and O–H groups in total. The van der Waals surface area contributed by atoms with Gasteiger partial charge in [0, 0.05) is 28.4 Å². The second-order valence-corrected chi connectivity index (χ2v) is 8.06. The van der Waals surface area contributed by atoms with E-state index in [0.717, 1.165) is 0 Å². The van der Waals surface area contributed by atoms with Crippen molar-refractivity contribution in [3.8, 4) is 0 Å². The number of phosphoric acid groups is 1. The van der Waals surface area contributed by atoms with Crippen molar-refractivity contribution >= 4 is 23.5 Å². The van der Waals surface area contributed by atoms with Gasteiger partial charge in [-0.15, -0.1) is 0 Å². The Morgan fingerprint density at radius 2 is 1.33 bits per heavy atom. The third kappa shape index (κ3) is 5.54. The molecule has 2 heterocycles. The molecular formula is C14H29B2O10P. The molecule has 9 atom stereocenters. The second-order valence-electron chi connectivity index (χ2n) is 6.65. The Labute approximate surface area is 161 Å². The van der Waals surface area contributed by atoms with Crippen LogP contribution in [0.15, 0.2) is 0 Å². The average molecular weight is 410 g/mol. The first kappa shape index (κ1) is 23.3. The van der Waals surface area contributed by atoms with E-state index in [2.05, 4.69) is 0 Å². The fourth-order valence-corrected chi connectivity index (χ4v) is 4.63. The molecule has 0 spiro atoms. The summed E-state index contributed by atoms with van der Waals surface area (Å²) in [4.78, 5) is 10.2. The normalized spacial score (nSPS) is 41.7. The number of rotatable bonds is 10. The Hall–Kier alpha value is -0.000130. The molecule has 2 rings (SSSR count). The van der Waals surface area contributed by atoms with Gasteiger partial charge in [0.05, 0.1) is 25.2 Å². The Kier molecular flexibility index (Phi) is 8.76. The molecule has 2 aliphatic heterocycles. The van der Waals surface area contributed by atoms with Crippen LogP contribution < -0.4 is 0 Å². The molecule has 10 nitrogen and oxygen atoms in total. The number of phosphoric ester groups is 1. The maximum atomic E-state index is 12.5. The molecule has 2 aliphatic rings.